The summed E-state index contributed by atoms with van der Waals surface area (Å²) in [7, 11) is 0. The second-order valence-corrected chi connectivity index (χ2v) is 7.37. The van der Waals surface area contributed by atoms with E-state index in [9.17, 15) is 9.59 Å². The predicted octanol–water partition coefficient (Wildman–Crippen LogP) is 2.79. The van der Waals surface area contributed by atoms with Gasteiger partial charge in [0.2, 0.25) is 0 Å². The fourth-order valence-electron chi connectivity index (χ4n) is 2.86. The fraction of sp³-hybridized carbons (Fsp3) is 0.286. The van der Waals surface area contributed by atoms with E-state index in [4.69, 9.17) is 0 Å². The molecule has 0 aliphatic heterocycles. The summed E-state index contributed by atoms with van der Waals surface area (Å²) >= 11 is 0. The number of hydrogen-bond acceptors (Lipinski definition) is 3. The van der Waals surface area contributed by atoms with E-state index in [2.05, 4.69) is 36.4 Å². The number of nitrogens with one attached hydrogen (secondary N) is 2. The topological polar surface area (TPSA) is 75.5 Å². The number of hydrogen-bond donors (Lipinski definition) is 2. The lowest BCUT2D eigenvalue weighted by Gasteiger charge is -2.16. The zero-order valence-corrected chi connectivity index (χ0v) is 15.8. The summed E-state index contributed by atoms with van der Waals surface area (Å²) in [6, 6.07) is 14.7. The van der Waals surface area contributed by atoms with Gasteiger partial charge < -0.3 is 15.0 Å². The van der Waals surface area contributed by atoms with Gasteiger partial charge in [0.15, 0.2) is 5.69 Å². The van der Waals surface area contributed by atoms with Gasteiger partial charge in [0.25, 0.3) is 11.8 Å². The van der Waals surface area contributed by atoms with Crippen molar-refractivity contribution < 1.29 is 9.59 Å². The molecule has 2 amide bonds. The van der Waals surface area contributed by atoms with Crippen molar-refractivity contribution in [2.24, 2.45) is 0 Å². The molecular weight excluding hydrogens is 340 g/mol. The van der Waals surface area contributed by atoms with Crippen LogP contribution in [0.15, 0.2) is 54.7 Å². The molecule has 0 radical (unpaired) electrons. The van der Waals surface area contributed by atoms with Crippen molar-refractivity contribution in [1.82, 2.24) is 20.0 Å². The molecule has 140 valence electrons. The van der Waals surface area contributed by atoms with Crippen LogP contribution in [0.1, 0.15) is 47.4 Å². The number of aromatic nitrogens is 2. The van der Waals surface area contributed by atoms with Gasteiger partial charge in [-0.05, 0) is 24.3 Å². The number of fused-ring (bicyclic) bond motifs is 1. The second kappa shape index (κ2) is 7.61. The number of nitrogens with zero attached hydrogens (tertiary/aromatic N) is 2. The lowest BCUT2D eigenvalue weighted by molar-refractivity contribution is 0.0926. The van der Waals surface area contributed by atoms with Gasteiger partial charge >= 0.3 is 0 Å². The average molecular weight is 364 g/mol. The van der Waals surface area contributed by atoms with Crippen LogP contribution in [-0.4, -0.2) is 34.3 Å². The van der Waals surface area contributed by atoms with Crippen molar-refractivity contribution in [2.45, 2.75) is 26.2 Å². The van der Waals surface area contributed by atoms with Crippen LogP contribution in [0.2, 0.25) is 0 Å². The molecule has 0 atom stereocenters. The summed E-state index contributed by atoms with van der Waals surface area (Å²) < 4.78 is 1.95. The van der Waals surface area contributed by atoms with Gasteiger partial charge in [-0.1, -0.05) is 45.0 Å². The van der Waals surface area contributed by atoms with E-state index in [1.165, 1.54) is 0 Å². The third kappa shape index (κ3) is 4.16. The second-order valence-electron chi connectivity index (χ2n) is 7.37. The van der Waals surface area contributed by atoms with Crippen LogP contribution in [0, 0.1) is 0 Å². The molecule has 3 aromatic rings. The molecule has 3 rings (SSSR count). The van der Waals surface area contributed by atoms with Gasteiger partial charge in [-0.2, -0.15) is 0 Å². The number of rotatable bonds is 5. The third-order valence-electron chi connectivity index (χ3n) is 4.17. The minimum Gasteiger partial charge on any atom is -0.350 e. The minimum absolute atomic E-state index is 0.160. The largest absolute Gasteiger partial charge is 0.350 e. The Morgan fingerprint density at radius 2 is 1.56 bits per heavy atom. The standard InChI is InChI=1S/C21H24N4O2/c1-21(2,3)20-24-17(16-11-7-8-14-25(16)20)19(27)23-13-12-22-18(26)15-9-5-4-6-10-15/h4-11,14H,12-13H2,1-3H3,(H,22,26)(H,23,27). The van der Waals surface area contributed by atoms with E-state index in [0.717, 1.165) is 11.3 Å². The van der Waals surface area contributed by atoms with Gasteiger partial charge in [-0.3, -0.25) is 9.59 Å². The van der Waals surface area contributed by atoms with E-state index >= 15 is 0 Å². The first-order valence-electron chi connectivity index (χ1n) is 8.97. The molecule has 6 heteroatoms. The Morgan fingerprint density at radius 3 is 2.22 bits per heavy atom. The molecule has 0 fully saturated rings. The molecule has 0 bridgehead atoms. The van der Waals surface area contributed by atoms with Crippen molar-refractivity contribution in [1.29, 1.82) is 0 Å². The van der Waals surface area contributed by atoms with E-state index in [-0.39, 0.29) is 17.2 Å². The zero-order chi connectivity index (χ0) is 19.4. The minimum atomic E-state index is -0.247. The molecule has 0 saturated heterocycles. The molecular formula is C21H24N4O2. The Hall–Kier alpha value is -3.15. The van der Waals surface area contributed by atoms with Crippen molar-refractivity contribution in [3.05, 3.63) is 71.8 Å². The lowest BCUT2D eigenvalue weighted by atomic mass is 9.96. The van der Waals surface area contributed by atoms with Crippen molar-refractivity contribution in [2.75, 3.05) is 13.1 Å². The summed E-state index contributed by atoms with van der Waals surface area (Å²) in [6.45, 7) is 6.87. The van der Waals surface area contributed by atoms with Crippen molar-refractivity contribution in [3.63, 3.8) is 0 Å². The quantitative estimate of drug-likeness (QED) is 0.684. The Kier molecular flexibility index (Phi) is 5.26. The highest BCUT2D eigenvalue weighted by Crippen LogP contribution is 2.24. The number of benzene rings is 1. The van der Waals surface area contributed by atoms with Crippen LogP contribution < -0.4 is 10.6 Å². The molecule has 0 aliphatic rings. The molecule has 2 heterocycles. The molecule has 2 N–H and O–H groups in total. The summed E-state index contributed by atoms with van der Waals surface area (Å²) in [5.74, 6) is 0.427. The number of amides is 2. The molecule has 0 spiro atoms. The summed E-state index contributed by atoms with van der Waals surface area (Å²) in [5.41, 5.74) is 1.58. The van der Waals surface area contributed by atoms with Gasteiger partial charge in [0.1, 0.15) is 5.82 Å². The van der Waals surface area contributed by atoms with Crippen molar-refractivity contribution >= 4 is 17.3 Å². The van der Waals surface area contributed by atoms with E-state index in [0.29, 0.717) is 24.3 Å². The normalized spacial score (nSPS) is 11.4. The maximum absolute atomic E-state index is 12.6. The van der Waals surface area contributed by atoms with Crippen LogP contribution in [0.3, 0.4) is 0 Å². The van der Waals surface area contributed by atoms with Crippen LogP contribution in [0.4, 0.5) is 0 Å². The Balaban J connectivity index is 1.64. The molecule has 1 aromatic carbocycles. The first-order chi connectivity index (χ1) is 12.9. The molecule has 27 heavy (non-hydrogen) atoms. The summed E-state index contributed by atoms with van der Waals surface area (Å²) in [4.78, 5) is 29.2. The Bertz CT molecular complexity index is 955. The smallest absolute Gasteiger partial charge is 0.272 e. The molecule has 0 unspecified atom stereocenters. The molecule has 0 saturated carbocycles. The third-order valence-corrected chi connectivity index (χ3v) is 4.17. The van der Waals surface area contributed by atoms with Gasteiger partial charge in [-0.15, -0.1) is 0 Å². The van der Waals surface area contributed by atoms with Gasteiger partial charge in [-0.25, -0.2) is 4.98 Å². The highest BCUT2D eigenvalue weighted by molar-refractivity contribution is 5.99. The van der Waals surface area contributed by atoms with Crippen LogP contribution in [0.25, 0.3) is 5.52 Å². The predicted molar refractivity (Wildman–Crippen MR) is 105 cm³/mol. The number of carbonyl (C=O) groups excluding carboxylic acids is 2. The summed E-state index contributed by atoms with van der Waals surface area (Å²) in [6.07, 6.45) is 1.92. The first kappa shape index (κ1) is 18.6. The first-order valence-corrected chi connectivity index (χ1v) is 8.97. The van der Waals surface area contributed by atoms with Gasteiger partial charge in [0.05, 0.1) is 5.52 Å². The maximum atomic E-state index is 12.6. The Morgan fingerprint density at radius 1 is 0.926 bits per heavy atom. The lowest BCUT2D eigenvalue weighted by Crippen LogP contribution is -2.34. The van der Waals surface area contributed by atoms with E-state index < -0.39 is 0 Å². The SMILES string of the molecule is CC(C)(C)c1nc(C(=O)NCCNC(=O)c2ccccc2)c2ccccn12. The zero-order valence-electron chi connectivity index (χ0n) is 15.8. The number of carbonyl (C=O) groups is 2. The van der Waals surface area contributed by atoms with Crippen LogP contribution in [-0.2, 0) is 5.41 Å². The number of pyridine rings is 1. The fourth-order valence-corrected chi connectivity index (χ4v) is 2.86. The van der Waals surface area contributed by atoms with Crippen LogP contribution in [0.5, 0.6) is 0 Å². The maximum Gasteiger partial charge on any atom is 0.272 e. The van der Waals surface area contributed by atoms with E-state index in [1.54, 1.807) is 12.1 Å². The molecule has 6 nitrogen and oxygen atoms in total. The van der Waals surface area contributed by atoms with E-state index in [1.807, 2.05) is 47.0 Å². The van der Waals surface area contributed by atoms with Crippen LogP contribution >= 0.6 is 0 Å². The number of imidazole rings is 1. The summed E-state index contributed by atoms with van der Waals surface area (Å²) in [5, 5.41) is 5.63. The monoisotopic (exact) mass is 364 g/mol. The van der Waals surface area contributed by atoms with Gasteiger partial charge in [0, 0.05) is 30.3 Å². The highest BCUT2D eigenvalue weighted by atomic mass is 16.2. The highest BCUT2D eigenvalue weighted by Gasteiger charge is 2.24. The average Bonchev–Trinajstić information content (AvgIpc) is 3.06. The Labute approximate surface area is 158 Å². The molecule has 0 aliphatic carbocycles. The molecule has 2 aromatic heterocycles. The van der Waals surface area contributed by atoms with Crippen molar-refractivity contribution in [3.8, 4) is 0 Å².